The third-order valence-corrected chi connectivity index (χ3v) is 4.74. The summed E-state index contributed by atoms with van der Waals surface area (Å²) in [7, 11) is 6.63. The second-order valence-corrected chi connectivity index (χ2v) is 6.16. The lowest BCUT2D eigenvalue weighted by atomic mass is 10.1. The molecule has 0 heterocycles. The topological polar surface area (TPSA) is 48.0 Å². The summed E-state index contributed by atoms with van der Waals surface area (Å²) >= 11 is 0. The second-order valence-electron chi connectivity index (χ2n) is 6.16. The molecule has 0 aliphatic heterocycles. The standard InChI is InChI=1S/C20H23NO4/c1-21(14-7-10-18(24-3)19(11-14)25-4)20(22)17-12-16(17)13-5-8-15(23-2)9-6-13/h5-11,16-17H,12H2,1-4H3/t16-,17+/m0/s1. The SMILES string of the molecule is COc1ccc([C@@H]2C[C@H]2C(=O)N(C)c2ccc(OC)c(OC)c2)cc1. The van der Waals surface area contributed by atoms with Crippen molar-refractivity contribution in [3.8, 4) is 17.2 Å². The first-order valence-corrected chi connectivity index (χ1v) is 8.22. The van der Waals surface area contributed by atoms with E-state index in [0.717, 1.165) is 17.9 Å². The fourth-order valence-electron chi connectivity index (χ4n) is 3.10. The lowest BCUT2D eigenvalue weighted by Crippen LogP contribution is -2.28. The van der Waals surface area contributed by atoms with E-state index in [1.165, 1.54) is 5.56 Å². The molecule has 3 rings (SSSR count). The Balaban J connectivity index is 1.71. The van der Waals surface area contributed by atoms with Crippen LogP contribution in [0.15, 0.2) is 42.5 Å². The maximum absolute atomic E-state index is 12.8. The number of hydrogen-bond donors (Lipinski definition) is 0. The molecule has 5 heteroatoms. The van der Waals surface area contributed by atoms with Gasteiger partial charge < -0.3 is 19.1 Å². The molecule has 0 saturated heterocycles. The fraction of sp³-hybridized carbons (Fsp3) is 0.350. The van der Waals surface area contributed by atoms with Crippen LogP contribution < -0.4 is 19.1 Å². The monoisotopic (exact) mass is 341 g/mol. The molecular weight excluding hydrogens is 318 g/mol. The summed E-state index contributed by atoms with van der Waals surface area (Å²) < 4.78 is 15.7. The van der Waals surface area contributed by atoms with Gasteiger partial charge in [0, 0.05) is 24.7 Å². The molecule has 5 nitrogen and oxygen atoms in total. The Hall–Kier alpha value is -2.69. The second kappa shape index (κ2) is 7.05. The smallest absolute Gasteiger partial charge is 0.230 e. The number of anilines is 1. The van der Waals surface area contributed by atoms with E-state index in [1.54, 1.807) is 33.3 Å². The molecule has 2 aromatic rings. The molecule has 25 heavy (non-hydrogen) atoms. The van der Waals surface area contributed by atoms with Gasteiger partial charge in [0.15, 0.2) is 11.5 Å². The van der Waals surface area contributed by atoms with Crippen LogP contribution in [0.5, 0.6) is 17.2 Å². The molecule has 0 bridgehead atoms. The third-order valence-electron chi connectivity index (χ3n) is 4.74. The molecule has 132 valence electrons. The van der Waals surface area contributed by atoms with Crippen LogP contribution in [0.4, 0.5) is 5.69 Å². The zero-order valence-electron chi connectivity index (χ0n) is 15.0. The van der Waals surface area contributed by atoms with E-state index in [2.05, 4.69) is 0 Å². The normalized spacial score (nSPS) is 18.4. The Morgan fingerprint density at radius 2 is 1.64 bits per heavy atom. The van der Waals surface area contributed by atoms with Crippen LogP contribution in [0.1, 0.15) is 17.9 Å². The molecule has 2 atom stereocenters. The minimum Gasteiger partial charge on any atom is -0.497 e. The van der Waals surface area contributed by atoms with Gasteiger partial charge in [-0.25, -0.2) is 0 Å². The van der Waals surface area contributed by atoms with Gasteiger partial charge in [-0.1, -0.05) is 12.1 Å². The summed E-state index contributed by atoms with van der Waals surface area (Å²) in [6, 6.07) is 13.4. The van der Waals surface area contributed by atoms with Gasteiger partial charge in [0.25, 0.3) is 0 Å². The van der Waals surface area contributed by atoms with Crippen molar-refractivity contribution >= 4 is 11.6 Å². The highest BCUT2D eigenvalue weighted by atomic mass is 16.5. The van der Waals surface area contributed by atoms with E-state index >= 15 is 0 Å². The zero-order valence-corrected chi connectivity index (χ0v) is 15.0. The van der Waals surface area contributed by atoms with Crippen LogP contribution in [-0.2, 0) is 4.79 Å². The van der Waals surface area contributed by atoms with Crippen LogP contribution in [0, 0.1) is 5.92 Å². The van der Waals surface area contributed by atoms with Crippen LogP contribution >= 0.6 is 0 Å². The van der Waals surface area contributed by atoms with Gasteiger partial charge in [-0.15, -0.1) is 0 Å². The average molecular weight is 341 g/mol. The summed E-state index contributed by atoms with van der Waals surface area (Å²) in [5, 5.41) is 0. The number of amides is 1. The molecule has 1 aliphatic rings. The minimum absolute atomic E-state index is 0.0199. The van der Waals surface area contributed by atoms with Crippen molar-refractivity contribution in [2.75, 3.05) is 33.3 Å². The Morgan fingerprint density at radius 3 is 2.24 bits per heavy atom. The van der Waals surface area contributed by atoms with E-state index in [4.69, 9.17) is 14.2 Å². The van der Waals surface area contributed by atoms with Crippen molar-refractivity contribution in [3.05, 3.63) is 48.0 Å². The molecule has 0 unspecified atom stereocenters. The maximum atomic E-state index is 12.8. The highest BCUT2D eigenvalue weighted by Gasteiger charge is 2.45. The Labute approximate surface area is 148 Å². The van der Waals surface area contributed by atoms with E-state index in [-0.39, 0.29) is 17.7 Å². The minimum atomic E-state index is 0.0199. The van der Waals surface area contributed by atoms with Crippen LogP contribution in [0.2, 0.25) is 0 Å². The average Bonchev–Trinajstić information content (AvgIpc) is 3.47. The van der Waals surface area contributed by atoms with Crippen molar-refractivity contribution < 1.29 is 19.0 Å². The lowest BCUT2D eigenvalue weighted by molar-refractivity contribution is -0.119. The molecule has 1 fully saturated rings. The fourth-order valence-corrected chi connectivity index (χ4v) is 3.10. The van der Waals surface area contributed by atoms with Crippen molar-refractivity contribution in [1.82, 2.24) is 0 Å². The molecule has 1 amide bonds. The molecule has 0 radical (unpaired) electrons. The van der Waals surface area contributed by atoms with Crippen molar-refractivity contribution in [2.24, 2.45) is 5.92 Å². The number of carbonyl (C=O) groups is 1. The van der Waals surface area contributed by atoms with Gasteiger partial charge in [0.2, 0.25) is 5.91 Å². The largest absolute Gasteiger partial charge is 0.497 e. The van der Waals surface area contributed by atoms with Gasteiger partial charge in [0.05, 0.1) is 21.3 Å². The van der Waals surface area contributed by atoms with E-state index in [1.807, 2.05) is 42.5 Å². The lowest BCUT2D eigenvalue weighted by Gasteiger charge is -2.19. The molecular formula is C20H23NO4. The van der Waals surface area contributed by atoms with E-state index in [0.29, 0.717) is 11.5 Å². The summed E-state index contributed by atoms with van der Waals surface area (Å²) in [6.45, 7) is 0. The number of rotatable bonds is 6. The summed E-state index contributed by atoms with van der Waals surface area (Å²) in [6.07, 6.45) is 0.878. The number of benzene rings is 2. The number of methoxy groups -OCH3 is 3. The Bertz CT molecular complexity index is 757. The van der Waals surface area contributed by atoms with Crippen LogP contribution in [0.25, 0.3) is 0 Å². The summed E-state index contributed by atoms with van der Waals surface area (Å²) in [4.78, 5) is 14.5. The maximum Gasteiger partial charge on any atom is 0.230 e. The highest BCUT2D eigenvalue weighted by molar-refractivity contribution is 5.97. The number of carbonyl (C=O) groups excluding carboxylic acids is 1. The number of nitrogens with zero attached hydrogens (tertiary/aromatic N) is 1. The molecule has 1 saturated carbocycles. The first-order valence-electron chi connectivity index (χ1n) is 8.22. The molecule has 0 aromatic heterocycles. The number of hydrogen-bond acceptors (Lipinski definition) is 4. The first-order chi connectivity index (χ1) is 12.1. The van der Waals surface area contributed by atoms with Gasteiger partial charge in [-0.05, 0) is 42.2 Å². The molecule has 1 aliphatic carbocycles. The highest BCUT2D eigenvalue weighted by Crippen LogP contribution is 2.49. The summed E-state index contributed by atoms with van der Waals surface area (Å²) in [5.74, 6) is 2.51. The quantitative estimate of drug-likeness (QED) is 0.807. The molecule has 2 aromatic carbocycles. The Kier molecular flexibility index (Phi) is 4.83. The van der Waals surface area contributed by atoms with Gasteiger partial charge in [0.1, 0.15) is 5.75 Å². The predicted molar refractivity (Wildman–Crippen MR) is 96.8 cm³/mol. The zero-order chi connectivity index (χ0) is 18.0. The third kappa shape index (κ3) is 3.40. The van der Waals surface area contributed by atoms with Gasteiger partial charge >= 0.3 is 0 Å². The van der Waals surface area contributed by atoms with Gasteiger partial charge in [-0.2, -0.15) is 0 Å². The number of ether oxygens (including phenoxy) is 3. The van der Waals surface area contributed by atoms with Crippen LogP contribution in [0.3, 0.4) is 0 Å². The molecule has 0 spiro atoms. The Morgan fingerprint density at radius 1 is 0.960 bits per heavy atom. The summed E-state index contributed by atoms with van der Waals surface area (Å²) in [5.41, 5.74) is 1.97. The first kappa shape index (κ1) is 17.1. The van der Waals surface area contributed by atoms with E-state index in [9.17, 15) is 4.79 Å². The predicted octanol–water partition coefficient (Wildman–Crippen LogP) is 3.48. The van der Waals surface area contributed by atoms with Crippen molar-refractivity contribution in [2.45, 2.75) is 12.3 Å². The van der Waals surface area contributed by atoms with Crippen molar-refractivity contribution in [3.63, 3.8) is 0 Å². The van der Waals surface area contributed by atoms with Gasteiger partial charge in [-0.3, -0.25) is 4.79 Å². The molecule has 0 N–H and O–H groups in total. The van der Waals surface area contributed by atoms with Crippen LogP contribution in [-0.4, -0.2) is 34.3 Å². The van der Waals surface area contributed by atoms with Crippen molar-refractivity contribution in [1.29, 1.82) is 0 Å². The van der Waals surface area contributed by atoms with E-state index < -0.39 is 0 Å².